The molecule has 1 atom stereocenters. The molecule has 1 unspecified atom stereocenters. The van der Waals surface area contributed by atoms with Gasteiger partial charge in [0.1, 0.15) is 5.82 Å². The van der Waals surface area contributed by atoms with Crippen LogP contribution in [-0.4, -0.2) is 41.5 Å². The second-order valence-corrected chi connectivity index (χ2v) is 8.35. The third-order valence-corrected chi connectivity index (χ3v) is 6.43. The van der Waals surface area contributed by atoms with E-state index in [0.29, 0.717) is 6.04 Å². The van der Waals surface area contributed by atoms with E-state index in [0.717, 1.165) is 56.2 Å². The summed E-state index contributed by atoms with van der Waals surface area (Å²) < 4.78 is 0. The van der Waals surface area contributed by atoms with E-state index in [-0.39, 0.29) is 5.91 Å². The number of hydrogen-bond acceptors (Lipinski definition) is 3. The molecule has 0 radical (unpaired) electrons. The van der Waals surface area contributed by atoms with Crippen molar-refractivity contribution in [3.05, 3.63) is 59.8 Å². The van der Waals surface area contributed by atoms with Crippen LogP contribution >= 0.6 is 0 Å². The lowest BCUT2D eigenvalue weighted by atomic mass is 9.90. The number of aryl methyl sites for hydroxylation is 1. The van der Waals surface area contributed by atoms with E-state index < -0.39 is 0 Å². The van der Waals surface area contributed by atoms with Crippen molar-refractivity contribution in [3.8, 4) is 0 Å². The molecule has 1 aromatic carbocycles. The summed E-state index contributed by atoms with van der Waals surface area (Å²) in [5.41, 5.74) is 2.14. The summed E-state index contributed by atoms with van der Waals surface area (Å²) in [6.07, 6.45) is 8.79. The average Bonchev–Trinajstić information content (AvgIpc) is 3.19. The van der Waals surface area contributed by atoms with E-state index in [4.69, 9.17) is 0 Å². The van der Waals surface area contributed by atoms with Crippen LogP contribution in [0.3, 0.4) is 0 Å². The van der Waals surface area contributed by atoms with Crippen LogP contribution in [0, 0.1) is 5.92 Å². The molecule has 148 valence electrons. The van der Waals surface area contributed by atoms with Crippen LogP contribution in [-0.2, 0) is 6.42 Å². The molecular weight excluding hydrogens is 346 g/mol. The Labute approximate surface area is 168 Å². The van der Waals surface area contributed by atoms with E-state index in [1.54, 1.807) is 6.20 Å². The van der Waals surface area contributed by atoms with E-state index in [1.807, 2.05) is 17.0 Å². The number of anilines is 1. The first-order valence-electron chi connectivity index (χ1n) is 10.8. The molecule has 2 aliphatic rings. The first-order valence-corrected chi connectivity index (χ1v) is 10.8. The highest BCUT2D eigenvalue weighted by Gasteiger charge is 2.25. The number of pyridine rings is 1. The van der Waals surface area contributed by atoms with Gasteiger partial charge in [0.05, 0.1) is 5.56 Å². The maximum absolute atomic E-state index is 12.9. The molecular formula is C24H31N3O. The van der Waals surface area contributed by atoms with Crippen molar-refractivity contribution >= 4 is 11.7 Å². The molecule has 1 amide bonds. The zero-order chi connectivity index (χ0) is 19.3. The van der Waals surface area contributed by atoms with Gasteiger partial charge < -0.3 is 9.80 Å². The maximum Gasteiger partial charge on any atom is 0.255 e. The summed E-state index contributed by atoms with van der Waals surface area (Å²) in [5, 5.41) is 0. The molecule has 1 aromatic heterocycles. The molecule has 4 rings (SSSR count). The van der Waals surface area contributed by atoms with E-state index in [9.17, 15) is 4.79 Å². The standard InChI is InChI=1S/C24H31N3O/c1-19-6-5-15-27(19)23-12-11-22(18-25-23)24(28)26-16-13-21(14-17-26)10-9-20-7-3-2-4-8-20/h2-4,7-8,11-12,18-19,21H,5-6,9-10,13-17H2,1H3. The zero-order valence-corrected chi connectivity index (χ0v) is 16.9. The molecule has 4 nitrogen and oxygen atoms in total. The van der Waals surface area contributed by atoms with Gasteiger partial charge in [-0.15, -0.1) is 0 Å². The second kappa shape index (κ2) is 8.76. The Morgan fingerprint density at radius 1 is 1.04 bits per heavy atom. The minimum absolute atomic E-state index is 0.134. The van der Waals surface area contributed by atoms with Gasteiger partial charge in [0.25, 0.3) is 5.91 Å². The first-order chi connectivity index (χ1) is 13.7. The van der Waals surface area contributed by atoms with Gasteiger partial charge in [-0.2, -0.15) is 0 Å². The molecule has 0 bridgehead atoms. The fourth-order valence-electron chi connectivity index (χ4n) is 4.58. The van der Waals surface area contributed by atoms with Gasteiger partial charge in [-0.25, -0.2) is 4.98 Å². The highest BCUT2D eigenvalue weighted by Crippen LogP contribution is 2.25. The molecule has 2 aromatic rings. The minimum atomic E-state index is 0.134. The molecule has 2 fully saturated rings. The topological polar surface area (TPSA) is 36.4 Å². The lowest BCUT2D eigenvalue weighted by Crippen LogP contribution is -2.38. The predicted molar refractivity (Wildman–Crippen MR) is 114 cm³/mol. The third-order valence-electron chi connectivity index (χ3n) is 6.43. The summed E-state index contributed by atoms with van der Waals surface area (Å²) >= 11 is 0. The number of amides is 1. The molecule has 0 spiro atoms. The Kier molecular flexibility index (Phi) is 5.94. The molecule has 0 N–H and O–H groups in total. The largest absolute Gasteiger partial charge is 0.354 e. The summed E-state index contributed by atoms with van der Waals surface area (Å²) in [5.74, 6) is 1.86. The summed E-state index contributed by atoms with van der Waals surface area (Å²) in [7, 11) is 0. The molecule has 3 heterocycles. The third kappa shape index (κ3) is 4.37. The SMILES string of the molecule is CC1CCCN1c1ccc(C(=O)N2CCC(CCc3ccccc3)CC2)cn1. The fourth-order valence-corrected chi connectivity index (χ4v) is 4.58. The highest BCUT2D eigenvalue weighted by atomic mass is 16.2. The lowest BCUT2D eigenvalue weighted by molar-refractivity contribution is 0.0686. The van der Waals surface area contributed by atoms with Crippen molar-refractivity contribution < 1.29 is 4.79 Å². The molecule has 4 heteroatoms. The summed E-state index contributed by atoms with van der Waals surface area (Å²) in [4.78, 5) is 21.8. The van der Waals surface area contributed by atoms with Crippen LogP contribution in [0.15, 0.2) is 48.7 Å². The number of hydrogen-bond donors (Lipinski definition) is 0. The van der Waals surface area contributed by atoms with Gasteiger partial charge in [0.2, 0.25) is 0 Å². The van der Waals surface area contributed by atoms with Crippen LogP contribution in [0.4, 0.5) is 5.82 Å². The number of carbonyl (C=O) groups excluding carboxylic acids is 1. The summed E-state index contributed by atoms with van der Waals surface area (Å²) in [6.45, 7) is 5.04. The van der Waals surface area contributed by atoms with Gasteiger partial charge in [-0.1, -0.05) is 30.3 Å². The Hall–Kier alpha value is -2.36. The highest BCUT2D eigenvalue weighted by molar-refractivity contribution is 5.94. The number of benzene rings is 1. The number of piperidine rings is 1. The number of rotatable bonds is 5. The predicted octanol–water partition coefficient (Wildman–Crippen LogP) is 4.56. The number of carbonyl (C=O) groups is 1. The Bertz CT molecular complexity index is 766. The monoisotopic (exact) mass is 377 g/mol. The van der Waals surface area contributed by atoms with E-state index in [2.05, 4.69) is 47.1 Å². The van der Waals surface area contributed by atoms with Crippen molar-refractivity contribution in [1.29, 1.82) is 0 Å². The first kappa shape index (κ1) is 19.0. The molecule has 0 aliphatic carbocycles. The van der Waals surface area contributed by atoms with Crippen molar-refractivity contribution in [2.45, 2.75) is 51.5 Å². The van der Waals surface area contributed by atoms with Gasteiger partial charge in [0.15, 0.2) is 0 Å². The van der Waals surface area contributed by atoms with Crippen LogP contribution in [0.25, 0.3) is 0 Å². The molecule has 28 heavy (non-hydrogen) atoms. The lowest BCUT2D eigenvalue weighted by Gasteiger charge is -2.32. The van der Waals surface area contributed by atoms with Crippen molar-refractivity contribution in [2.75, 3.05) is 24.5 Å². The van der Waals surface area contributed by atoms with Gasteiger partial charge >= 0.3 is 0 Å². The summed E-state index contributed by atoms with van der Waals surface area (Å²) in [6, 6.07) is 15.2. The number of likely N-dealkylation sites (tertiary alicyclic amines) is 1. The number of nitrogens with zero attached hydrogens (tertiary/aromatic N) is 3. The molecule has 0 saturated carbocycles. The van der Waals surface area contributed by atoms with Crippen LogP contribution < -0.4 is 4.90 Å². The Morgan fingerprint density at radius 2 is 1.82 bits per heavy atom. The Morgan fingerprint density at radius 3 is 2.46 bits per heavy atom. The van der Waals surface area contributed by atoms with Crippen LogP contribution in [0.5, 0.6) is 0 Å². The fraction of sp³-hybridized carbons (Fsp3) is 0.500. The van der Waals surface area contributed by atoms with Gasteiger partial charge in [0, 0.05) is 31.9 Å². The minimum Gasteiger partial charge on any atom is -0.354 e. The van der Waals surface area contributed by atoms with E-state index in [1.165, 1.54) is 24.8 Å². The van der Waals surface area contributed by atoms with Crippen molar-refractivity contribution in [1.82, 2.24) is 9.88 Å². The maximum atomic E-state index is 12.9. The second-order valence-electron chi connectivity index (χ2n) is 8.35. The molecule has 2 saturated heterocycles. The van der Waals surface area contributed by atoms with Gasteiger partial charge in [-0.05, 0) is 69.1 Å². The van der Waals surface area contributed by atoms with E-state index >= 15 is 0 Å². The quantitative estimate of drug-likeness (QED) is 0.767. The number of aromatic nitrogens is 1. The molecule has 2 aliphatic heterocycles. The average molecular weight is 378 g/mol. The van der Waals surface area contributed by atoms with Gasteiger partial charge in [-0.3, -0.25) is 4.79 Å². The normalized spacial score (nSPS) is 20.5. The van der Waals surface area contributed by atoms with Crippen molar-refractivity contribution in [2.24, 2.45) is 5.92 Å². The Balaban J connectivity index is 1.28. The van der Waals surface area contributed by atoms with Crippen molar-refractivity contribution in [3.63, 3.8) is 0 Å². The zero-order valence-electron chi connectivity index (χ0n) is 16.9. The van der Waals surface area contributed by atoms with Crippen LogP contribution in [0.1, 0.15) is 54.9 Å². The van der Waals surface area contributed by atoms with Crippen LogP contribution in [0.2, 0.25) is 0 Å². The smallest absolute Gasteiger partial charge is 0.255 e.